The number of carbonyl (C=O) groups excluding carboxylic acids is 1. The topological polar surface area (TPSA) is 35.5 Å². The van der Waals surface area contributed by atoms with Crippen molar-refractivity contribution >= 4 is 17.5 Å². The van der Waals surface area contributed by atoms with Crippen molar-refractivity contribution in [2.24, 2.45) is 0 Å². The molecular weight excluding hydrogens is 260 g/mol. The van der Waals surface area contributed by atoms with Crippen LogP contribution in [0.1, 0.15) is 30.6 Å². The summed E-state index contributed by atoms with van der Waals surface area (Å²) in [6.45, 7) is 4.86. The molecular formula is C15H20O3S. The summed E-state index contributed by atoms with van der Waals surface area (Å²) < 4.78 is 10.6. The van der Waals surface area contributed by atoms with Crippen LogP contribution in [0.4, 0.5) is 0 Å². The van der Waals surface area contributed by atoms with E-state index in [9.17, 15) is 4.79 Å². The monoisotopic (exact) mass is 280 g/mol. The number of rotatable bonds is 5. The fourth-order valence-electron chi connectivity index (χ4n) is 2.20. The number of hydrogen-bond donors (Lipinski definition) is 0. The van der Waals surface area contributed by atoms with Crippen molar-refractivity contribution in [2.75, 3.05) is 13.7 Å². The summed E-state index contributed by atoms with van der Waals surface area (Å²) in [5.74, 6) is 0.946. The van der Waals surface area contributed by atoms with Gasteiger partial charge in [0.15, 0.2) is 5.78 Å². The number of ketones is 1. The molecule has 1 heterocycles. The SMILES string of the molecule is COc1ccc(C(=O)C(C)SC2CCOC2C)cc1. The molecule has 0 saturated carbocycles. The van der Waals surface area contributed by atoms with E-state index < -0.39 is 0 Å². The Hall–Kier alpha value is -1.00. The minimum Gasteiger partial charge on any atom is -0.497 e. The van der Waals surface area contributed by atoms with Gasteiger partial charge >= 0.3 is 0 Å². The first-order valence-electron chi connectivity index (χ1n) is 6.57. The molecule has 2 rings (SSSR count). The standard InChI is InChI=1S/C15H20O3S/c1-10-14(8-9-18-10)19-11(2)15(16)12-4-6-13(17-3)7-5-12/h4-7,10-11,14H,8-9H2,1-3H3. The van der Waals surface area contributed by atoms with E-state index in [1.165, 1.54) is 0 Å². The largest absolute Gasteiger partial charge is 0.497 e. The van der Waals surface area contributed by atoms with Crippen molar-refractivity contribution < 1.29 is 14.3 Å². The molecule has 1 saturated heterocycles. The van der Waals surface area contributed by atoms with Crippen molar-refractivity contribution in [1.82, 2.24) is 0 Å². The van der Waals surface area contributed by atoms with Crippen LogP contribution in [0.25, 0.3) is 0 Å². The molecule has 0 aliphatic carbocycles. The molecule has 4 heteroatoms. The van der Waals surface area contributed by atoms with Gasteiger partial charge in [0.1, 0.15) is 5.75 Å². The van der Waals surface area contributed by atoms with Gasteiger partial charge in [-0.3, -0.25) is 4.79 Å². The normalized spacial score (nSPS) is 24.2. The van der Waals surface area contributed by atoms with Crippen LogP contribution in [-0.2, 0) is 4.74 Å². The average Bonchev–Trinajstić information content (AvgIpc) is 2.83. The molecule has 104 valence electrons. The maximum absolute atomic E-state index is 12.3. The zero-order valence-electron chi connectivity index (χ0n) is 11.6. The summed E-state index contributed by atoms with van der Waals surface area (Å²) in [6, 6.07) is 7.30. The Balaban J connectivity index is 1.97. The predicted octanol–water partition coefficient (Wildman–Crippen LogP) is 3.18. The number of ether oxygens (including phenoxy) is 2. The van der Waals surface area contributed by atoms with E-state index in [4.69, 9.17) is 9.47 Å². The third kappa shape index (κ3) is 3.51. The maximum atomic E-state index is 12.3. The number of Topliss-reactive ketones (excluding diaryl/α,β-unsaturated/α-hetero) is 1. The number of methoxy groups -OCH3 is 1. The van der Waals surface area contributed by atoms with Gasteiger partial charge in [-0.05, 0) is 44.5 Å². The van der Waals surface area contributed by atoms with Crippen LogP contribution in [0.15, 0.2) is 24.3 Å². The minimum atomic E-state index is -0.0393. The van der Waals surface area contributed by atoms with E-state index in [0.717, 1.165) is 24.3 Å². The molecule has 0 spiro atoms. The summed E-state index contributed by atoms with van der Waals surface area (Å²) in [4.78, 5) is 12.3. The molecule has 0 amide bonds. The predicted molar refractivity (Wildman–Crippen MR) is 78.2 cm³/mol. The third-order valence-corrected chi connectivity index (χ3v) is 5.02. The molecule has 0 aromatic heterocycles. The molecule has 1 fully saturated rings. The van der Waals surface area contributed by atoms with Crippen LogP contribution >= 0.6 is 11.8 Å². The number of hydrogen-bond acceptors (Lipinski definition) is 4. The second kappa shape index (κ2) is 6.44. The van der Waals surface area contributed by atoms with Crippen molar-refractivity contribution in [2.45, 2.75) is 36.9 Å². The molecule has 1 aromatic carbocycles. The van der Waals surface area contributed by atoms with Crippen LogP contribution in [0, 0.1) is 0 Å². The molecule has 1 aliphatic heterocycles. The minimum absolute atomic E-state index is 0.0393. The molecule has 1 aliphatic rings. The second-order valence-electron chi connectivity index (χ2n) is 4.77. The number of carbonyl (C=O) groups is 1. The lowest BCUT2D eigenvalue weighted by molar-refractivity contribution is 0.0993. The molecule has 19 heavy (non-hydrogen) atoms. The summed E-state index contributed by atoms with van der Waals surface area (Å²) in [6.07, 6.45) is 1.28. The van der Waals surface area contributed by atoms with Gasteiger partial charge in [0.05, 0.1) is 18.5 Å². The highest BCUT2D eigenvalue weighted by atomic mass is 32.2. The molecule has 3 atom stereocenters. The lowest BCUT2D eigenvalue weighted by Crippen LogP contribution is -2.21. The van der Waals surface area contributed by atoms with Gasteiger partial charge in [-0.2, -0.15) is 0 Å². The van der Waals surface area contributed by atoms with E-state index in [1.807, 2.05) is 31.2 Å². The van der Waals surface area contributed by atoms with E-state index in [1.54, 1.807) is 18.9 Å². The second-order valence-corrected chi connectivity index (χ2v) is 6.36. The first-order chi connectivity index (χ1) is 9.11. The van der Waals surface area contributed by atoms with Crippen molar-refractivity contribution in [3.63, 3.8) is 0 Å². The molecule has 1 aromatic rings. The smallest absolute Gasteiger partial charge is 0.175 e. The van der Waals surface area contributed by atoms with Gasteiger partial charge in [0.25, 0.3) is 0 Å². The van der Waals surface area contributed by atoms with Gasteiger partial charge in [0, 0.05) is 17.4 Å². The Morgan fingerprint density at radius 1 is 1.42 bits per heavy atom. The Kier molecular flexibility index (Phi) is 4.88. The Bertz CT molecular complexity index is 430. The fraction of sp³-hybridized carbons (Fsp3) is 0.533. The summed E-state index contributed by atoms with van der Waals surface area (Å²) in [7, 11) is 1.62. The molecule has 0 N–H and O–H groups in total. The van der Waals surface area contributed by atoms with Crippen molar-refractivity contribution in [1.29, 1.82) is 0 Å². The van der Waals surface area contributed by atoms with Crippen LogP contribution in [0.3, 0.4) is 0 Å². The van der Waals surface area contributed by atoms with Gasteiger partial charge < -0.3 is 9.47 Å². The van der Waals surface area contributed by atoms with Gasteiger partial charge in [-0.15, -0.1) is 11.8 Å². The van der Waals surface area contributed by atoms with Gasteiger partial charge in [0.2, 0.25) is 0 Å². The van der Waals surface area contributed by atoms with E-state index in [-0.39, 0.29) is 17.1 Å². The van der Waals surface area contributed by atoms with Crippen LogP contribution in [0.2, 0.25) is 0 Å². The van der Waals surface area contributed by atoms with Crippen molar-refractivity contribution in [3.05, 3.63) is 29.8 Å². The summed E-state index contributed by atoms with van der Waals surface area (Å²) in [5, 5.41) is 0.389. The number of thioether (sulfide) groups is 1. The van der Waals surface area contributed by atoms with Crippen LogP contribution in [-0.4, -0.2) is 36.1 Å². The van der Waals surface area contributed by atoms with E-state index >= 15 is 0 Å². The Morgan fingerprint density at radius 2 is 2.11 bits per heavy atom. The van der Waals surface area contributed by atoms with Crippen LogP contribution in [0.5, 0.6) is 5.75 Å². The van der Waals surface area contributed by atoms with E-state index in [2.05, 4.69) is 6.92 Å². The zero-order chi connectivity index (χ0) is 13.8. The highest BCUT2D eigenvalue weighted by Gasteiger charge is 2.28. The lowest BCUT2D eigenvalue weighted by Gasteiger charge is -2.18. The van der Waals surface area contributed by atoms with Crippen LogP contribution < -0.4 is 4.74 Å². The Morgan fingerprint density at radius 3 is 2.63 bits per heavy atom. The average molecular weight is 280 g/mol. The maximum Gasteiger partial charge on any atom is 0.175 e. The fourth-order valence-corrected chi connectivity index (χ4v) is 3.52. The summed E-state index contributed by atoms with van der Waals surface area (Å²) >= 11 is 1.72. The zero-order valence-corrected chi connectivity index (χ0v) is 12.4. The molecule has 3 unspecified atom stereocenters. The quantitative estimate of drug-likeness (QED) is 0.776. The van der Waals surface area contributed by atoms with Gasteiger partial charge in [-0.1, -0.05) is 0 Å². The third-order valence-electron chi connectivity index (χ3n) is 3.43. The first kappa shape index (κ1) is 14.4. The highest BCUT2D eigenvalue weighted by Crippen LogP contribution is 2.31. The summed E-state index contributed by atoms with van der Waals surface area (Å²) in [5.41, 5.74) is 0.743. The van der Waals surface area contributed by atoms with Crippen molar-refractivity contribution in [3.8, 4) is 5.75 Å². The lowest BCUT2D eigenvalue weighted by atomic mass is 10.1. The Labute approximate surface area is 118 Å². The van der Waals surface area contributed by atoms with Gasteiger partial charge in [-0.25, -0.2) is 0 Å². The molecule has 3 nitrogen and oxygen atoms in total. The number of benzene rings is 1. The van der Waals surface area contributed by atoms with E-state index in [0.29, 0.717) is 5.25 Å². The highest BCUT2D eigenvalue weighted by molar-refractivity contribution is 8.01. The molecule has 0 radical (unpaired) electrons. The first-order valence-corrected chi connectivity index (χ1v) is 7.51. The molecule has 0 bridgehead atoms.